The number of hydrogen-bond donors (Lipinski definition) is 2. The first-order valence-corrected chi connectivity index (χ1v) is 8.69. The third-order valence-corrected chi connectivity index (χ3v) is 4.47. The molecule has 0 radical (unpaired) electrons. The molecule has 2 atom stereocenters. The fourth-order valence-corrected chi connectivity index (χ4v) is 3.04. The van der Waals surface area contributed by atoms with E-state index in [1.165, 1.54) is 19.1 Å². The number of benzene rings is 1. The Hall–Kier alpha value is -1.99. The van der Waals surface area contributed by atoms with Crippen LogP contribution in [0.25, 0.3) is 0 Å². The maximum atomic E-state index is 13.3. The molecule has 3 rings (SSSR count). The number of amides is 2. The average molecular weight is 349 g/mol. The average Bonchev–Trinajstić information content (AvgIpc) is 3.39. The Morgan fingerprint density at radius 1 is 1.32 bits per heavy atom. The minimum atomic E-state index is -0.482. The standard InChI is InChI=1S/C18H24FN3O3/c1-12(23)20-10-16-11-22(8-9-25-16)17(18(24)21-15-6-7-15)13-2-4-14(19)5-3-13/h2-5,15-17H,6-11H2,1H3,(H,20,23)(H,21,24)/t16-,17-/m1/s1. The van der Waals surface area contributed by atoms with Gasteiger partial charge in [0.15, 0.2) is 0 Å². The summed E-state index contributed by atoms with van der Waals surface area (Å²) in [6, 6.07) is 5.84. The zero-order chi connectivity index (χ0) is 17.8. The Labute approximate surface area is 146 Å². The Kier molecular flexibility index (Phi) is 5.65. The van der Waals surface area contributed by atoms with Gasteiger partial charge in [0.2, 0.25) is 11.8 Å². The largest absolute Gasteiger partial charge is 0.374 e. The van der Waals surface area contributed by atoms with Crippen LogP contribution >= 0.6 is 0 Å². The van der Waals surface area contributed by atoms with Crippen LogP contribution in [0.4, 0.5) is 4.39 Å². The van der Waals surface area contributed by atoms with Gasteiger partial charge in [-0.15, -0.1) is 0 Å². The number of nitrogens with zero attached hydrogens (tertiary/aromatic N) is 1. The van der Waals surface area contributed by atoms with E-state index in [4.69, 9.17) is 4.74 Å². The lowest BCUT2D eigenvalue weighted by Gasteiger charge is -2.37. The van der Waals surface area contributed by atoms with Crippen LogP contribution in [-0.4, -0.2) is 55.1 Å². The number of carbonyl (C=O) groups is 2. The van der Waals surface area contributed by atoms with Crippen molar-refractivity contribution >= 4 is 11.8 Å². The highest BCUT2D eigenvalue weighted by molar-refractivity contribution is 5.83. The minimum absolute atomic E-state index is 0.0608. The van der Waals surface area contributed by atoms with Gasteiger partial charge in [0, 0.05) is 32.6 Å². The number of morpholine rings is 1. The second-order valence-corrected chi connectivity index (χ2v) is 6.66. The Morgan fingerprint density at radius 2 is 2.04 bits per heavy atom. The van der Waals surface area contributed by atoms with Crippen molar-refractivity contribution in [3.63, 3.8) is 0 Å². The summed E-state index contributed by atoms with van der Waals surface area (Å²) in [5.41, 5.74) is 0.764. The summed E-state index contributed by atoms with van der Waals surface area (Å²) in [7, 11) is 0. The molecule has 0 bridgehead atoms. The summed E-state index contributed by atoms with van der Waals surface area (Å²) in [5, 5.41) is 5.80. The number of ether oxygens (including phenoxy) is 1. The molecule has 7 heteroatoms. The molecule has 136 valence electrons. The molecule has 25 heavy (non-hydrogen) atoms. The summed E-state index contributed by atoms with van der Waals surface area (Å²) >= 11 is 0. The van der Waals surface area contributed by atoms with Gasteiger partial charge in [0.05, 0.1) is 12.7 Å². The third kappa shape index (κ3) is 4.99. The van der Waals surface area contributed by atoms with Crippen molar-refractivity contribution < 1.29 is 18.7 Å². The van der Waals surface area contributed by atoms with Crippen LogP contribution in [0.3, 0.4) is 0 Å². The Morgan fingerprint density at radius 3 is 2.68 bits per heavy atom. The fourth-order valence-electron chi connectivity index (χ4n) is 3.04. The van der Waals surface area contributed by atoms with Gasteiger partial charge in [0.1, 0.15) is 11.9 Å². The first kappa shape index (κ1) is 17.8. The maximum absolute atomic E-state index is 13.3. The van der Waals surface area contributed by atoms with Crippen molar-refractivity contribution in [2.45, 2.75) is 38.0 Å². The molecule has 1 aromatic carbocycles. The molecule has 1 aliphatic carbocycles. The molecule has 6 nitrogen and oxygen atoms in total. The second kappa shape index (κ2) is 7.93. The summed E-state index contributed by atoms with van der Waals surface area (Å²) in [4.78, 5) is 25.9. The van der Waals surface area contributed by atoms with Gasteiger partial charge in [-0.05, 0) is 30.5 Å². The molecular weight excluding hydrogens is 325 g/mol. The van der Waals surface area contributed by atoms with E-state index in [1.54, 1.807) is 12.1 Å². The van der Waals surface area contributed by atoms with Gasteiger partial charge < -0.3 is 15.4 Å². The van der Waals surface area contributed by atoms with Crippen LogP contribution in [0.15, 0.2) is 24.3 Å². The Bertz CT molecular complexity index is 618. The van der Waals surface area contributed by atoms with Crippen molar-refractivity contribution in [3.8, 4) is 0 Å². The van der Waals surface area contributed by atoms with E-state index >= 15 is 0 Å². The van der Waals surface area contributed by atoms with E-state index in [9.17, 15) is 14.0 Å². The predicted molar refractivity (Wildman–Crippen MR) is 90.3 cm³/mol. The van der Waals surface area contributed by atoms with Crippen molar-refractivity contribution in [1.29, 1.82) is 0 Å². The molecule has 2 aliphatic rings. The van der Waals surface area contributed by atoms with Crippen LogP contribution in [0.2, 0.25) is 0 Å². The van der Waals surface area contributed by atoms with Gasteiger partial charge in [-0.2, -0.15) is 0 Å². The number of hydrogen-bond acceptors (Lipinski definition) is 4. The highest BCUT2D eigenvalue weighted by Gasteiger charge is 2.34. The van der Waals surface area contributed by atoms with Crippen LogP contribution < -0.4 is 10.6 Å². The predicted octanol–water partition coefficient (Wildman–Crippen LogP) is 0.982. The van der Waals surface area contributed by atoms with E-state index in [0.717, 1.165) is 18.4 Å². The van der Waals surface area contributed by atoms with Gasteiger partial charge >= 0.3 is 0 Å². The van der Waals surface area contributed by atoms with E-state index in [-0.39, 0.29) is 29.8 Å². The molecule has 2 amide bonds. The maximum Gasteiger partial charge on any atom is 0.242 e. The van der Waals surface area contributed by atoms with E-state index in [0.29, 0.717) is 26.2 Å². The molecule has 1 aliphatic heterocycles. The first-order chi connectivity index (χ1) is 12.0. The van der Waals surface area contributed by atoms with Crippen LogP contribution in [-0.2, 0) is 14.3 Å². The Balaban J connectivity index is 1.74. The van der Waals surface area contributed by atoms with Crippen molar-refractivity contribution in [1.82, 2.24) is 15.5 Å². The lowest BCUT2D eigenvalue weighted by Crippen LogP contribution is -2.51. The number of carbonyl (C=O) groups excluding carboxylic acids is 2. The molecule has 1 saturated carbocycles. The lowest BCUT2D eigenvalue weighted by atomic mass is 10.0. The van der Waals surface area contributed by atoms with Crippen molar-refractivity contribution in [3.05, 3.63) is 35.6 Å². The monoisotopic (exact) mass is 349 g/mol. The summed E-state index contributed by atoms with van der Waals surface area (Å²) < 4.78 is 19.0. The summed E-state index contributed by atoms with van der Waals surface area (Å²) in [6.45, 7) is 3.49. The molecule has 2 fully saturated rings. The fraction of sp³-hybridized carbons (Fsp3) is 0.556. The molecule has 1 heterocycles. The SMILES string of the molecule is CC(=O)NC[C@@H]1CN([C@@H](C(=O)NC2CC2)c2ccc(F)cc2)CCO1. The second-order valence-electron chi connectivity index (χ2n) is 6.66. The molecule has 0 unspecified atom stereocenters. The molecule has 1 saturated heterocycles. The number of nitrogens with one attached hydrogen (secondary N) is 2. The summed E-state index contributed by atoms with van der Waals surface area (Å²) in [5.74, 6) is -0.493. The van der Waals surface area contributed by atoms with Gasteiger partial charge in [-0.3, -0.25) is 14.5 Å². The topological polar surface area (TPSA) is 70.7 Å². The first-order valence-electron chi connectivity index (χ1n) is 8.69. The van der Waals surface area contributed by atoms with Gasteiger partial charge in [-0.25, -0.2) is 4.39 Å². The van der Waals surface area contributed by atoms with E-state index in [2.05, 4.69) is 10.6 Å². The normalized spacial score (nSPS) is 22.2. The smallest absolute Gasteiger partial charge is 0.242 e. The highest BCUT2D eigenvalue weighted by atomic mass is 19.1. The van der Waals surface area contributed by atoms with E-state index < -0.39 is 6.04 Å². The van der Waals surface area contributed by atoms with Crippen LogP contribution in [0.5, 0.6) is 0 Å². The highest BCUT2D eigenvalue weighted by Crippen LogP contribution is 2.26. The van der Waals surface area contributed by atoms with Crippen molar-refractivity contribution in [2.24, 2.45) is 0 Å². The van der Waals surface area contributed by atoms with Gasteiger partial charge in [0.25, 0.3) is 0 Å². The van der Waals surface area contributed by atoms with Crippen LogP contribution in [0, 0.1) is 5.82 Å². The molecule has 0 spiro atoms. The van der Waals surface area contributed by atoms with Crippen molar-refractivity contribution in [2.75, 3.05) is 26.2 Å². The zero-order valence-corrected chi connectivity index (χ0v) is 14.3. The third-order valence-electron chi connectivity index (χ3n) is 4.47. The molecule has 1 aromatic rings. The van der Waals surface area contributed by atoms with Crippen LogP contribution in [0.1, 0.15) is 31.4 Å². The molecular formula is C18H24FN3O3. The summed E-state index contributed by atoms with van der Waals surface area (Å²) in [6.07, 6.45) is 1.85. The lowest BCUT2D eigenvalue weighted by molar-refractivity contribution is -0.131. The van der Waals surface area contributed by atoms with Gasteiger partial charge in [-0.1, -0.05) is 12.1 Å². The number of halogens is 1. The zero-order valence-electron chi connectivity index (χ0n) is 14.3. The molecule has 2 N–H and O–H groups in total. The quantitative estimate of drug-likeness (QED) is 0.803. The molecule has 0 aromatic heterocycles. The number of rotatable bonds is 6. The minimum Gasteiger partial charge on any atom is -0.374 e. The van der Waals surface area contributed by atoms with E-state index in [1.807, 2.05) is 4.90 Å².